The van der Waals surface area contributed by atoms with E-state index in [2.05, 4.69) is 14.1 Å². The van der Waals surface area contributed by atoms with E-state index in [1.165, 1.54) is 0 Å². The number of aliphatic hydroxyl groups is 1. The van der Waals surface area contributed by atoms with Crippen molar-refractivity contribution >= 4 is 18.0 Å². The number of carbonyl (C=O) groups excluding carboxylic acids is 1. The predicted octanol–water partition coefficient (Wildman–Crippen LogP) is -1.67. The van der Waals surface area contributed by atoms with Crippen molar-refractivity contribution in [2.45, 2.75) is 43.8 Å². The number of aliphatic hydroxyl groups excluding tert-OH is 1. The third kappa shape index (κ3) is 12.3. The first-order valence-electron chi connectivity index (χ1n) is 5.85. The van der Waals surface area contributed by atoms with Gasteiger partial charge in [0.1, 0.15) is 12.0 Å². The summed E-state index contributed by atoms with van der Waals surface area (Å²) < 4.78 is 33.4. The van der Waals surface area contributed by atoms with Crippen LogP contribution in [0.4, 0.5) is 8.78 Å². The Balaban J connectivity index is 0. The number of rotatable bonds is 12. The monoisotopic (exact) mass is 326 g/mol. The summed E-state index contributed by atoms with van der Waals surface area (Å²) in [6.07, 6.45) is 4.71. The number of alkyl halides is 2. The number of ether oxygens (including phenoxy) is 1. The zero-order chi connectivity index (χ0) is 14.6. The van der Waals surface area contributed by atoms with Gasteiger partial charge in [0.05, 0.1) is 6.61 Å². The van der Waals surface area contributed by atoms with Crippen LogP contribution in [0.1, 0.15) is 38.5 Å². The van der Waals surface area contributed by atoms with Gasteiger partial charge in [0, 0.05) is 6.61 Å². The minimum Gasteiger partial charge on any atom is -0.691 e. The molecule has 0 aromatic heterocycles. The first-order chi connectivity index (χ1) is 9.04. The molecule has 6 nitrogen and oxygen atoms in total. The molecule has 0 aliphatic rings. The van der Waals surface area contributed by atoms with E-state index in [9.17, 15) is 18.8 Å². The second-order valence-electron chi connectivity index (χ2n) is 3.72. The van der Waals surface area contributed by atoms with E-state index in [1.54, 1.807) is 0 Å². The van der Waals surface area contributed by atoms with Crippen molar-refractivity contribution in [1.82, 2.24) is 0 Å². The molecular formula is C10H17F2NaO6S. The van der Waals surface area contributed by atoms with E-state index in [4.69, 9.17) is 5.11 Å². The molecule has 20 heavy (non-hydrogen) atoms. The van der Waals surface area contributed by atoms with Gasteiger partial charge in [0.2, 0.25) is 0 Å². The summed E-state index contributed by atoms with van der Waals surface area (Å²) in [6, 6.07) is 0. The van der Waals surface area contributed by atoms with Crippen LogP contribution in [0.15, 0.2) is 0 Å². The fraction of sp³-hybridized carbons (Fsp3) is 0.900. The van der Waals surface area contributed by atoms with Crippen molar-refractivity contribution < 1.29 is 67.6 Å². The Morgan fingerprint density at radius 1 is 1.15 bits per heavy atom. The molecule has 0 saturated heterocycles. The van der Waals surface area contributed by atoms with Gasteiger partial charge < -0.3 is 15.1 Å². The topological polar surface area (TPSA) is 88.1 Å². The van der Waals surface area contributed by atoms with Gasteiger partial charge in [-0.3, -0.25) is 5.04 Å². The van der Waals surface area contributed by atoms with Crippen LogP contribution < -0.4 is 34.8 Å². The van der Waals surface area contributed by atoms with E-state index in [-0.39, 0.29) is 42.8 Å². The van der Waals surface area contributed by atoms with Crippen LogP contribution in [0, 0.1) is 0 Å². The Labute approximate surface area is 142 Å². The van der Waals surface area contributed by atoms with Gasteiger partial charge in [-0.15, -0.1) is 0 Å². The van der Waals surface area contributed by atoms with Gasteiger partial charge in [-0.1, -0.05) is 25.7 Å². The Kier molecular flexibility index (Phi) is 16.5. The van der Waals surface area contributed by atoms with E-state index in [0.29, 0.717) is 6.42 Å². The number of hydrogen-bond acceptors (Lipinski definition) is 7. The Bertz CT molecular complexity index is 248. The van der Waals surface area contributed by atoms with Gasteiger partial charge >= 0.3 is 40.8 Å². The van der Waals surface area contributed by atoms with Crippen molar-refractivity contribution in [2.24, 2.45) is 0 Å². The molecule has 0 atom stereocenters. The molecule has 0 unspecified atom stereocenters. The van der Waals surface area contributed by atoms with Gasteiger partial charge in [-0.05, 0) is 12.8 Å². The molecule has 0 saturated carbocycles. The molecule has 0 bridgehead atoms. The summed E-state index contributed by atoms with van der Waals surface area (Å²) in [4.78, 5) is 10.9. The van der Waals surface area contributed by atoms with Gasteiger partial charge in [0.25, 0.3) is 0 Å². The second-order valence-corrected chi connectivity index (χ2v) is 4.53. The van der Waals surface area contributed by atoms with Gasteiger partial charge in [0.15, 0.2) is 0 Å². The molecule has 0 spiro atoms. The average molecular weight is 326 g/mol. The van der Waals surface area contributed by atoms with E-state index >= 15 is 0 Å². The molecule has 0 aliphatic carbocycles. The SMILES string of the molecule is O=C(OCCCCCCCCO)C(F)(F)SOO[O-].[Na+]. The molecule has 0 heterocycles. The first-order valence-corrected chi connectivity index (χ1v) is 6.59. The minimum atomic E-state index is -3.97. The van der Waals surface area contributed by atoms with Crippen molar-refractivity contribution in [3.05, 3.63) is 0 Å². The molecule has 0 aromatic rings. The molecule has 114 valence electrons. The summed E-state index contributed by atoms with van der Waals surface area (Å²) in [7, 11) is 0. The average Bonchev–Trinajstić information content (AvgIpc) is 2.39. The van der Waals surface area contributed by atoms with Crippen LogP contribution >= 0.6 is 12.0 Å². The first kappa shape index (κ1) is 22.8. The third-order valence-corrected chi connectivity index (χ3v) is 2.69. The fourth-order valence-corrected chi connectivity index (χ4v) is 1.50. The van der Waals surface area contributed by atoms with Crippen molar-refractivity contribution in [1.29, 1.82) is 0 Å². The van der Waals surface area contributed by atoms with Crippen LogP contribution in [0.3, 0.4) is 0 Å². The second kappa shape index (κ2) is 14.5. The zero-order valence-electron chi connectivity index (χ0n) is 11.3. The maximum absolute atomic E-state index is 12.8. The number of carbonyl (C=O) groups is 1. The van der Waals surface area contributed by atoms with Crippen LogP contribution in [-0.4, -0.2) is 29.5 Å². The van der Waals surface area contributed by atoms with Crippen molar-refractivity contribution in [3.63, 3.8) is 0 Å². The fourth-order valence-electron chi connectivity index (χ4n) is 1.26. The summed E-state index contributed by atoms with van der Waals surface area (Å²) in [5.74, 6) is -1.77. The molecular weight excluding hydrogens is 309 g/mol. The zero-order valence-corrected chi connectivity index (χ0v) is 14.1. The van der Waals surface area contributed by atoms with Crippen molar-refractivity contribution in [2.75, 3.05) is 13.2 Å². The van der Waals surface area contributed by atoms with Crippen LogP contribution in [-0.2, 0) is 18.9 Å². The number of unbranched alkanes of at least 4 members (excludes halogenated alkanes) is 5. The molecule has 1 N–H and O–H groups in total. The maximum atomic E-state index is 12.8. The molecule has 0 fully saturated rings. The Hall–Kier alpha value is 0.520. The van der Waals surface area contributed by atoms with Crippen LogP contribution in [0.2, 0.25) is 0 Å². The largest absolute Gasteiger partial charge is 1.00 e. The smallest absolute Gasteiger partial charge is 0.691 e. The number of esters is 1. The van der Waals surface area contributed by atoms with E-state index in [1.807, 2.05) is 0 Å². The van der Waals surface area contributed by atoms with E-state index in [0.717, 1.165) is 32.1 Å². The van der Waals surface area contributed by atoms with Crippen LogP contribution in [0.25, 0.3) is 0 Å². The molecule has 0 radical (unpaired) electrons. The van der Waals surface area contributed by atoms with Crippen molar-refractivity contribution in [3.8, 4) is 0 Å². The molecule has 0 aliphatic heterocycles. The summed E-state index contributed by atoms with van der Waals surface area (Å²) in [6.45, 7) is 0.0483. The normalized spacial score (nSPS) is 11.0. The predicted molar refractivity (Wildman–Crippen MR) is 60.5 cm³/mol. The third-order valence-electron chi connectivity index (χ3n) is 2.19. The number of halogens is 2. The molecule has 0 aromatic carbocycles. The molecule has 0 amide bonds. The molecule has 0 rings (SSSR count). The summed E-state index contributed by atoms with van der Waals surface area (Å²) in [5, 5.41) is 16.7. The number of hydrogen-bond donors (Lipinski definition) is 1. The Morgan fingerprint density at radius 2 is 1.70 bits per heavy atom. The standard InChI is InChI=1S/C10H18F2O6S.Na/c11-10(12,19-18-17-15)9(14)16-8-6-4-2-1-3-5-7-13;/h13,15H,1-8H2;/q;+1/p-1. The van der Waals surface area contributed by atoms with Gasteiger partial charge in [-0.2, -0.15) is 13.1 Å². The van der Waals surface area contributed by atoms with Gasteiger partial charge in [-0.25, -0.2) is 4.79 Å². The quantitative estimate of drug-likeness (QED) is 0.115. The molecule has 10 heteroatoms. The summed E-state index contributed by atoms with van der Waals surface area (Å²) in [5.41, 5.74) is 0. The maximum Gasteiger partial charge on any atom is 1.00 e. The van der Waals surface area contributed by atoms with Crippen LogP contribution in [0.5, 0.6) is 0 Å². The van der Waals surface area contributed by atoms with E-state index < -0.39 is 23.3 Å². The summed E-state index contributed by atoms with van der Waals surface area (Å²) >= 11 is -0.702. The Morgan fingerprint density at radius 3 is 2.25 bits per heavy atom. The minimum absolute atomic E-state index is 0.